The maximum Gasteiger partial charge on any atom is 0.299 e. The Morgan fingerprint density at radius 3 is 2.75 bits per heavy atom. The van der Waals surface area contributed by atoms with Crippen molar-refractivity contribution < 1.29 is 10.2 Å². The molecule has 4 heteroatoms. The van der Waals surface area contributed by atoms with Crippen molar-refractivity contribution in [2.24, 2.45) is 0 Å². The Kier molecular flexibility index (Phi) is 2.09. The number of nitriles is 1. The van der Waals surface area contributed by atoms with Gasteiger partial charge in [-0.05, 0) is 24.6 Å². The van der Waals surface area contributed by atoms with Gasteiger partial charge < -0.3 is 10.2 Å². The van der Waals surface area contributed by atoms with Crippen LogP contribution in [0.5, 0.6) is 0 Å². The van der Waals surface area contributed by atoms with E-state index < -0.39 is 5.79 Å². The Morgan fingerprint density at radius 2 is 2.25 bits per heavy atom. The van der Waals surface area contributed by atoms with E-state index in [0.29, 0.717) is 0 Å². The molecule has 0 aliphatic carbocycles. The van der Waals surface area contributed by atoms with Crippen molar-refractivity contribution in [2.45, 2.75) is 12.7 Å². The van der Waals surface area contributed by atoms with Gasteiger partial charge in [-0.2, -0.15) is 5.26 Å². The summed E-state index contributed by atoms with van der Waals surface area (Å²) in [7, 11) is 0. The van der Waals surface area contributed by atoms with Gasteiger partial charge in [0, 0.05) is 6.20 Å². The molecule has 0 saturated heterocycles. The van der Waals surface area contributed by atoms with Crippen molar-refractivity contribution in [1.82, 2.24) is 4.98 Å². The van der Waals surface area contributed by atoms with Gasteiger partial charge in [-0.3, -0.25) is 4.98 Å². The molecule has 0 atom stereocenters. The van der Waals surface area contributed by atoms with E-state index in [4.69, 9.17) is 15.5 Å². The molecule has 0 amide bonds. The van der Waals surface area contributed by atoms with Gasteiger partial charge in [0.2, 0.25) is 0 Å². The fourth-order valence-corrected chi connectivity index (χ4v) is 0.784. The second-order valence-corrected chi connectivity index (χ2v) is 2.50. The Hall–Kier alpha value is -1.44. The third-order valence-electron chi connectivity index (χ3n) is 1.43. The van der Waals surface area contributed by atoms with Crippen LogP contribution in [0.4, 0.5) is 0 Å². The van der Waals surface area contributed by atoms with E-state index in [1.54, 1.807) is 13.0 Å². The minimum absolute atomic E-state index is 0.0509. The average molecular weight is 164 g/mol. The number of hydrogen-bond donors (Lipinski definition) is 2. The fraction of sp³-hybridized carbons (Fsp3) is 0.250. The van der Waals surface area contributed by atoms with Crippen LogP contribution in [-0.2, 0) is 5.79 Å². The molecule has 1 rings (SSSR count). The highest BCUT2D eigenvalue weighted by Gasteiger charge is 2.26. The average Bonchev–Trinajstić information content (AvgIpc) is 2.05. The first kappa shape index (κ1) is 8.65. The summed E-state index contributed by atoms with van der Waals surface area (Å²) in [6.07, 6.45) is 1.42. The molecule has 1 heterocycles. The van der Waals surface area contributed by atoms with Gasteiger partial charge in [0.1, 0.15) is 11.8 Å². The molecular weight excluding hydrogens is 156 g/mol. The van der Waals surface area contributed by atoms with Gasteiger partial charge >= 0.3 is 0 Å². The van der Waals surface area contributed by atoms with Crippen molar-refractivity contribution in [2.75, 3.05) is 0 Å². The summed E-state index contributed by atoms with van der Waals surface area (Å²) in [5.74, 6) is -2.48. The van der Waals surface area contributed by atoms with Crippen LogP contribution in [0.15, 0.2) is 18.3 Å². The van der Waals surface area contributed by atoms with Crippen LogP contribution in [0.25, 0.3) is 0 Å². The van der Waals surface area contributed by atoms with E-state index in [2.05, 4.69) is 4.98 Å². The molecule has 0 radical (unpaired) electrons. The second-order valence-electron chi connectivity index (χ2n) is 2.50. The van der Waals surface area contributed by atoms with E-state index in [0.717, 1.165) is 5.56 Å². The number of aliphatic hydroxyl groups is 2. The maximum atomic E-state index is 9.05. The quantitative estimate of drug-likeness (QED) is 0.454. The van der Waals surface area contributed by atoms with E-state index in [-0.39, 0.29) is 5.69 Å². The first-order valence-corrected chi connectivity index (χ1v) is 3.35. The van der Waals surface area contributed by atoms with Crippen LogP contribution in [0, 0.1) is 18.3 Å². The lowest BCUT2D eigenvalue weighted by Crippen LogP contribution is -2.23. The minimum atomic E-state index is -2.48. The van der Waals surface area contributed by atoms with Gasteiger partial charge in [-0.1, -0.05) is 0 Å². The predicted molar refractivity (Wildman–Crippen MR) is 40.7 cm³/mol. The summed E-state index contributed by atoms with van der Waals surface area (Å²) in [6, 6.07) is 4.49. The molecule has 0 unspecified atom stereocenters. The van der Waals surface area contributed by atoms with Crippen LogP contribution in [0.2, 0.25) is 0 Å². The zero-order valence-corrected chi connectivity index (χ0v) is 6.52. The van der Waals surface area contributed by atoms with Crippen molar-refractivity contribution in [3.63, 3.8) is 0 Å². The molecule has 2 N–H and O–H groups in total. The van der Waals surface area contributed by atoms with Crippen molar-refractivity contribution in [1.29, 1.82) is 5.26 Å². The summed E-state index contributed by atoms with van der Waals surface area (Å²) in [5, 5.41) is 26.5. The van der Waals surface area contributed by atoms with Crippen molar-refractivity contribution in [3.05, 3.63) is 29.6 Å². The number of aryl methyl sites for hydroxylation is 1. The van der Waals surface area contributed by atoms with Gasteiger partial charge in [-0.25, -0.2) is 0 Å². The lowest BCUT2D eigenvalue weighted by atomic mass is 10.1. The van der Waals surface area contributed by atoms with E-state index in [1.165, 1.54) is 18.3 Å². The van der Waals surface area contributed by atoms with E-state index >= 15 is 0 Å². The first-order valence-electron chi connectivity index (χ1n) is 3.35. The van der Waals surface area contributed by atoms with Gasteiger partial charge in [0.05, 0.1) is 0 Å². The molecule has 0 aliphatic heterocycles. The summed E-state index contributed by atoms with van der Waals surface area (Å²) in [5.41, 5.74) is 0.771. The van der Waals surface area contributed by atoms with Crippen LogP contribution in [0.3, 0.4) is 0 Å². The van der Waals surface area contributed by atoms with Crippen LogP contribution < -0.4 is 0 Å². The monoisotopic (exact) mass is 164 g/mol. The Labute approximate surface area is 69.7 Å². The maximum absolute atomic E-state index is 9.05. The third kappa shape index (κ3) is 1.59. The SMILES string of the molecule is Cc1ccnc(C(O)(O)C#N)c1. The first-order chi connectivity index (χ1) is 5.56. The number of pyridine rings is 1. The van der Waals surface area contributed by atoms with Crippen LogP contribution >= 0.6 is 0 Å². The van der Waals surface area contributed by atoms with Crippen molar-refractivity contribution in [3.8, 4) is 6.07 Å². The molecule has 0 aromatic carbocycles. The third-order valence-corrected chi connectivity index (χ3v) is 1.43. The molecule has 0 aliphatic rings. The highest BCUT2D eigenvalue weighted by Crippen LogP contribution is 2.14. The van der Waals surface area contributed by atoms with Gasteiger partial charge in [0.15, 0.2) is 0 Å². The molecule has 1 aromatic rings. The molecule has 0 spiro atoms. The van der Waals surface area contributed by atoms with E-state index in [9.17, 15) is 0 Å². The summed E-state index contributed by atoms with van der Waals surface area (Å²) >= 11 is 0. The standard InChI is InChI=1S/C8H8N2O2/c1-6-2-3-10-7(4-6)8(11,12)5-9/h2-4,11-12H,1H3. The highest BCUT2D eigenvalue weighted by molar-refractivity contribution is 5.21. The summed E-state index contributed by atoms with van der Waals surface area (Å²) < 4.78 is 0. The molecule has 0 saturated carbocycles. The molecular formula is C8H8N2O2. The Balaban J connectivity index is 3.14. The Morgan fingerprint density at radius 1 is 1.58 bits per heavy atom. The van der Waals surface area contributed by atoms with E-state index in [1.807, 2.05) is 0 Å². The number of nitrogens with zero attached hydrogens (tertiary/aromatic N) is 2. The second kappa shape index (κ2) is 2.89. The van der Waals surface area contributed by atoms with Gasteiger partial charge in [-0.15, -0.1) is 0 Å². The molecule has 12 heavy (non-hydrogen) atoms. The lowest BCUT2D eigenvalue weighted by molar-refractivity contribution is -0.121. The highest BCUT2D eigenvalue weighted by atomic mass is 16.5. The van der Waals surface area contributed by atoms with Gasteiger partial charge in [0.25, 0.3) is 5.79 Å². The van der Waals surface area contributed by atoms with Crippen LogP contribution in [0.1, 0.15) is 11.3 Å². The van der Waals surface area contributed by atoms with Crippen molar-refractivity contribution >= 4 is 0 Å². The minimum Gasteiger partial charge on any atom is -0.349 e. The lowest BCUT2D eigenvalue weighted by Gasteiger charge is -2.11. The Bertz CT molecular complexity index is 328. The molecule has 1 aromatic heterocycles. The largest absolute Gasteiger partial charge is 0.349 e. The molecule has 62 valence electrons. The molecule has 0 fully saturated rings. The normalized spacial score (nSPS) is 10.8. The predicted octanol–water partition coefficient (Wildman–Crippen LogP) is 0.0510. The molecule has 4 nitrogen and oxygen atoms in total. The van der Waals surface area contributed by atoms with Crippen LogP contribution in [-0.4, -0.2) is 15.2 Å². The summed E-state index contributed by atoms with van der Waals surface area (Å²) in [4.78, 5) is 3.66. The fourth-order valence-electron chi connectivity index (χ4n) is 0.784. The zero-order valence-electron chi connectivity index (χ0n) is 6.52. The zero-order chi connectivity index (χ0) is 9.19. The smallest absolute Gasteiger partial charge is 0.299 e. The molecule has 0 bridgehead atoms. The topological polar surface area (TPSA) is 77.1 Å². The summed E-state index contributed by atoms with van der Waals surface area (Å²) in [6.45, 7) is 1.78. The number of hydrogen-bond acceptors (Lipinski definition) is 4. The number of rotatable bonds is 1. The number of aromatic nitrogens is 1.